The summed E-state index contributed by atoms with van der Waals surface area (Å²) in [7, 11) is 0. The normalized spacial score (nSPS) is 18.8. The van der Waals surface area contributed by atoms with Crippen LogP contribution >= 0.6 is 0 Å². The average molecular weight is 375 g/mol. The SMILES string of the molecule is C/C=C(C(=NCC1CCN(Cc2ccccc2)CC1)C(C)(F)F)/C(C)=C/C. The molecular formula is C23H32F2N2. The Hall–Kier alpha value is -1.81. The second kappa shape index (κ2) is 9.93. The minimum Gasteiger partial charge on any atom is -0.299 e. The molecule has 2 nitrogen and oxygen atoms in total. The summed E-state index contributed by atoms with van der Waals surface area (Å²) in [6, 6.07) is 10.5. The smallest absolute Gasteiger partial charge is 0.287 e. The fourth-order valence-electron chi connectivity index (χ4n) is 3.56. The Balaban J connectivity index is 1.97. The van der Waals surface area contributed by atoms with Crippen LogP contribution in [0.4, 0.5) is 8.78 Å². The van der Waals surface area contributed by atoms with Gasteiger partial charge in [0.15, 0.2) is 0 Å². The highest BCUT2D eigenvalue weighted by Gasteiger charge is 2.32. The molecule has 0 aliphatic carbocycles. The fraction of sp³-hybridized carbons (Fsp3) is 0.522. The highest BCUT2D eigenvalue weighted by atomic mass is 19.3. The van der Waals surface area contributed by atoms with E-state index in [1.165, 1.54) is 5.56 Å². The summed E-state index contributed by atoms with van der Waals surface area (Å²) >= 11 is 0. The Labute approximate surface area is 162 Å². The zero-order valence-electron chi connectivity index (χ0n) is 17.0. The van der Waals surface area contributed by atoms with Gasteiger partial charge in [0, 0.05) is 20.0 Å². The molecule has 0 spiro atoms. The second-order valence-corrected chi connectivity index (χ2v) is 7.46. The first kappa shape index (κ1) is 21.5. The van der Waals surface area contributed by atoms with Crippen LogP contribution in [0.15, 0.2) is 58.6 Å². The third-order valence-electron chi connectivity index (χ3n) is 5.28. The summed E-state index contributed by atoms with van der Waals surface area (Å²) < 4.78 is 28.3. The van der Waals surface area contributed by atoms with E-state index in [0.29, 0.717) is 18.0 Å². The fourth-order valence-corrected chi connectivity index (χ4v) is 3.56. The van der Waals surface area contributed by atoms with Crippen molar-refractivity contribution in [2.24, 2.45) is 10.9 Å². The summed E-state index contributed by atoms with van der Waals surface area (Å²) in [4.78, 5) is 6.84. The summed E-state index contributed by atoms with van der Waals surface area (Å²) in [5, 5.41) is 0. The van der Waals surface area contributed by atoms with E-state index in [4.69, 9.17) is 0 Å². The summed E-state index contributed by atoms with van der Waals surface area (Å²) in [5.74, 6) is -2.56. The Morgan fingerprint density at radius 2 is 1.78 bits per heavy atom. The van der Waals surface area contributed by atoms with Crippen molar-refractivity contribution in [1.29, 1.82) is 0 Å². The Morgan fingerprint density at radius 3 is 2.30 bits per heavy atom. The van der Waals surface area contributed by atoms with Gasteiger partial charge < -0.3 is 0 Å². The summed E-state index contributed by atoms with van der Waals surface area (Å²) in [6.07, 6.45) is 5.62. The number of hydrogen-bond acceptors (Lipinski definition) is 2. The molecule has 27 heavy (non-hydrogen) atoms. The van der Waals surface area contributed by atoms with E-state index in [0.717, 1.165) is 45.0 Å². The molecule has 1 aliphatic rings. The first-order chi connectivity index (χ1) is 12.8. The van der Waals surface area contributed by atoms with Gasteiger partial charge in [0.05, 0.1) is 0 Å². The minimum absolute atomic E-state index is 0.0766. The number of rotatable bonds is 7. The predicted octanol–water partition coefficient (Wildman–Crippen LogP) is 5.91. The van der Waals surface area contributed by atoms with Crippen LogP contribution < -0.4 is 0 Å². The molecule has 1 saturated heterocycles. The molecule has 148 valence electrons. The van der Waals surface area contributed by atoms with E-state index in [2.05, 4.69) is 34.2 Å². The maximum Gasteiger partial charge on any atom is 0.287 e. The Kier molecular flexibility index (Phi) is 7.91. The lowest BCUT2D eigenvalue weighted by Gasteiger charge is -2.31. The maximum atomic E-state index is 14.2. The number of piperidine rings is 1. The third kappa shape index (κ3) is 6.39. The number of benzene rings is 1. The van der Waals surface area contributed by atoms with Gasteiger partial charge in [-0.25, -0.2) is 0 Å². The summed E-state index contributed by atoms with van der Waals surface area (Å²) in [6.45, 7) is 9.90. The van der Waals surface area contributed by atoms with Crippen LogP contribution in [-0.2, 0) is 6.54 Å². The molecule has 2 rings (SSSR count). The van der Waals surface area contributed by atoms with Crippen LogP contribution in [0.2, 0.25) is 0 Å². The highest BCUT2D eigenvalue weighted by molar-refractivity contribution is 6.08. The Bertz CT molecular complexity index is 676. The monoisotopic (exact) mass is 374 g/mol. The van der Waals surface area contributed by atoms with Crippen molar-refractivity contribution in [3.05, 3.63) is 59.2 Å². The van der Waals surface area contributed by atoms with Crippen molar-refractivity contribution in [3.8, 4) is 0 Å². The molecule has 1 fully saturated rings. The van der Waals surface area contributed by atoms with Crippen LogP contribution in [0.1, 0.15) is 46.1 Å². The molecule has 0 amide bonds. The first-order valence-corrected chi connectivity index (χ1v) is 9.84. The van der Waals surface area contributed by atoms with E-state index < -0.39 is 5.92 Å². The lowest BCUT2D eigenvalue weighted by atomic mass is 9.95. The number of nitrogens with zero attached hydrogens (tertiary/aromatic N) is 2. The molecule has 0 atom stereocenters. The molecule has 1 aromatic carbocycles. The zero-order valence-corrected chi connectivity index (χ0v) is 17.0. The van der Waals surface area contributed by atoms with Gasteiger partial charge in [-0.3, -0.25) is 9.89 Å². The van der Waals surface area contributed by atoms with Crippen molar-refractivity contribution in [2.45, 2.75) is 53.0 Å². The third-order valence-corrected chi connectivity index (χ3v) is 5.28. The van der Waals surface area contributed by atoms with Crippen LogP contribution in [0, 0.1) is 5.92 Å². The van der Waals surface area contributed by atoms with Crippen molar-refractivity contribution < 1.29 is 8.78 Å². The molecule has 1 aromatic rings. The zero-order chi connectivity index (χ0) is 19.9. The van der Waals surface area contributed by atoms with Crippen LogP contribution in [0.5, 0.6) is 0 Å². The van der Waals surface area contributed by atoms with Crippen molar-refractivity contribution >= 4 is 5.71 Å². The first-order valence-electron chi connectivity index (χ1n) is 9.84. The molecule has 1 heterocycles. The highest BCUT2D eigenvalue weighted by Crippen LogP contribution is 2.26. The van der Waals surface area contributed by atoms with Crippen molar-refractivity contribution in [2.75, 3.05) is 19.6 Å². The molecular weight excluding hydrogens is 342 g/mol. The molecule has 0 aromatic heterocycles. The second-order valence-electron chi connectivity index (χ2n) is 7.46. The number of hydrogen-bond donors (Lipinski definition) is 0. The van der Waals surface area contributed by atoms with E-state index in [1.807, 2.05) is 26.0 Å². The van der Waals surface area contributed by atoms with E-state index >= 15 is 0 Å². The predicted molar refractivity (Wildman–Crippen MR) is 111 cm³/mol. The maximum absolute atomic E-state index is 14.2. The molecule has 0 saturated carbocycles. The van der Waals surface area contributed by atoms with Gasteiger partial charge >= 0.3 is 0 Å². The topological polar surface area (TPSA) is 15.6 Å². The quantitative estimate of drug-likeness (QED) is 0.428. The van der Waals surface area contributed by atoms with Gasteiger partial charge in [0.25, 0.3) is 5.92 Å². The standard InChI is InChI=1S/C23H32F2N2/c1-5-18(3)21(6-2)22(23(4,24)25)26-16-19-12-14-27(15-13-19)17-20-10-8-7-9-11-20/h5-11,19H,12-17H2,1-4H3/b18-5+,21-6-,26-22?. The number of allylic oxidation sites excluding steroid dienone is 4. The molecule has 0 N–H and O–H groups in total. The summed E-state index contributed by atoms with van der Waals surface area (Å²) in [5.41, 5.74) is 2.65. The van der Waals surface area contributed by atoms with Crippen molar-refractivity contribution in [1.82, 2.24) is 4.90 Å². The number of halogens is 2. The van der Waals surface area contributed by atoms with Gasteiger partial charge in [0.2, 0.25) is 0 Å². The van der Waals surface area contributed by atoms with Crippen LogP contribution in [0.3, 0.4) is 0 Å². The van der Waals surface area contributed by atoms with E-state index in [-0.39, 0.29) is 5.71 Å². The number of alkyl halides is 2. The molecule has 0 bridgehead atoms. The lowest BCUT2D eigenvalue weighted by Crippen LogP contribution is -2.34. The van der Waals surface area contributed by atoms with Crippen LogP contribution in [-0.4, -0.2) is 36.2 Å². The Morgan fingerprint density at radius 1 is 1.15 bits per heavy atom. The average Bonchev–Trinajstić information content (AvgIpc) is 2.65. The van der Waals surface area contributed by atoms with Crippen LogP contribution in [0.25, 0.3) is 0 Å². The number of likely N-dealkylation sites (tertiary alicyclic amines) is 1. The van der Waals surface area contributed by atoms with Crippen molar-refractivity contribution in [3.63, 3.8) is 0 Å². The molecule has 0 unspecified atom stereocenters. The molecule has 1 aliphatic heterocycles. The largest absolute Gasteiger partial charge is 0.299 e. The minimum atomic E-state index is -2.93. The molecule has 0 radical (unpaired) electrons. The van der Waals surface area contributed by atoms with Gasteiger partial charge in [-0.05, 0) is 69.3 Å². The van der Waals surface area contributed by atoms with Gasteiger partial charge in [-0.1, -0.05) is 42.5 Å². The van der Waals surface area contributed by atoms with E-state index in [1.54, 1.807) is 13.0 Å². The molecule has 4 heteroatoms. The van der Waals surface area contributed by atoms with Gasteiger partial charge in [-0.2, -0.15) is 8.78 Å². The van der Waals surface area contributed by atoms with Gasteiger partial charge in [0.1, 0.15) is 5.71 Å². The van der Waals surface area contributed by atoms with Gasteiger partial charge in [-0.15, -0.1) is 0 Å². The van der Waals surface area contributed by atoms with E-state index in [9.17, 15) is 8.78 Å². The lowest BCUT2D eigenvalue weighted by molar-refractivity contribution is 0.100. The number of aliphatic imine (C=N–C) groups is 1.